The normalized spacial score (nSPS) is 16.1. The third kappa shape index (κ3) is 11.0. The van der Waals surface area contributed by atoms with Crippen molar-refractivity contribution in [2.75, 3.05) is 59.2 Å². The Morgan fingerprint density at radius 3 is 2.53 bits per heavy atom. The van der Waals surface area contributed by atoms with E-state index < -0.39 is 0 Å². The maximum Gasteiger partial charge on any atom is 0.191 e. The molecule has 1 fully saturated rings. The van der Waals surface area contributed by atoms with Crippen molar-refractivity contribution in [2.24, 2.45) is 4.99 Å². The Morgan fingerprint density at radius 1 is 1.10 bits per heavy atom. The number of unbranched alkanes of at least 4 members (excludes halogenated alkanes) is 1. The molecule has 1 saturated heterocycles. The summed E-state index contributed by atoms with van der Waals surface area (Å²) in [6.07, 6.45) is 7.84. The van der Waals surface area contributed by atoms with Gasteiger partial charge in [-0.1, -0.05) is 19.8 Å². The fraction of sp³-hybridized carbons (Fsp3) is 0.773. The zero-order chi connectivity index (χ0) is 20.6. The summed E-state index contributed by atoms with van der Waals surface area (Å²) in [6.45, 7) is 11.4. The Bertz CT molecular complexity index is 536. The number of furan rings is 1. The molecule has 8 heteroatoms. The smallest absolute Gasteiger partial charge is 0.191 e. The van der Waals surface area contributed by atoms with Gasteiger partial charge >= 0.3 is 0 Å². The largest absolute Gasteiger partial charge is 0.468 e. The molecule has 0 saturated carbocycles. The van der Waals surface area contributed by atoms with Gasteiger partial charge in [0.25, 0.3) is 0 Å². The van der Waals surface area contributed by atoms with E-state index in [0.29, 0.717) is 26.4 Å². The number of nitrogens with one attached hydrogen (secondary N) is 2. The Hall–Kier alpha value is -0.840. The second-order valence-electron chi connectivity index (χ2n) is 7.35. The molecule has 7 nitrogen and oxygen atoms in total. The third-order valence-electron chi connectivity index (χ3n) is 5.02. The van der Waals surface area contributed by atoms with Crippen molar-refractivity contribution in [1.82, 2.24) is 15.5 Å². The van der Waals surface area contributed by atoms with Crippen LogP contribution in [0.2, 0.25) is 0 Å². The zero-order valence-electron chi connectivity index (χ0n) is 18.7. The molecule has 30 heavy (non-hydrogen) atoms. The number of hydrogen-bond acceptors (Lipinski definition) is 5. The summed E-state index contributed by atoms with van der Waals surface area (Å²) in [6, 6.07) is 4.21. The maximum absolute atomic E-state index is 5.72. The SMILES string of the molecule is CCCCOCCOCCNC(=NCC(c1ccco1)N1CCCCC1)NCC.I. The number of ether oxygens (including phenoxy) is 2. The molecule has 0 amide bonds. The molecule has 1 aromatic rings. The number of piperidine rings is 1. The number of rotatable bonds is 14. The molecule has 1 atom stereocenters. The molecule has 0 spiro atoms. The minimum absolute atomic E-state index is 0. The highest BCUT2D eigenvalue weighted by atomic mass is 127. The second kappa shape index (κ2) is 17.8. The average Bonchev–Trinajstić information content (AvgIpc) is 3.28. The van der Waals surface area contributed by atoms with E-state index in [1.165, 1.54) is 19.3 Å². The average molecular weight is 536 g/mol. The number of nitrogens with zero attached hydrogens (tertiary/aromatic N) is 2. The minimum atomic E-state index is 0. The second-order valence-corrected chi connectivity index (χ2v) is 7.35. The Morgan fingerprint density at radius 2 is 1.87 bits per heavy atom. The van der Waals surface area contributed by atoms with E-state index in [0.717, 1.165) is 57.3 Å². The lowest BCUT2D eigenvalue weighted by atomic mass is 10.1. The highest BCUT2D eigenvalue weighted by Crippen LogP contribution is 2.25. The van der Waals surface area contributed by atoms with Gasteiger partial charge in [-0.25, -0.2) is 0 Å². The Balaban J connectivity index is 0.00000450. The number of guanidine groups is 1. The van der Waals surface area contributed by atoms with Crippen LogP contribution < -0.4 is 10.6 Å². The van der Waals surface area contributed by atoms with Gasteiger partial charge in [0.2, 0.25) is 0 Å². The zero-order valence-corrected chi connectivity index (χ0v) is 21.1. The van der Waals surface area contributed by atoms with Gasteiger partial charge in [0.1, 0.15) is 5.76 Å². The van der Waals surface area contributed by atoms with Crippen molar-refractivity contribution in [2.45, 2.75) is 52.0 Å². The molecule has 174 valence electrons. The monoisotopic (exact) mass is 536 g/mol. The van der Waals surface area contributed by atoms with Crippen LogP contribution in [0.5, 0.6) is 0 Å². The molecule has 0 bridgehead atoms. The molecular formula is C22H41IN4O3. The molecule has 1 unspecified atom stereocenters. The van der Waals surface area contributed by atoms with E-state index in [9.17, 15) is 0 Å². The lowest BCUT2D eigenvalue weighted by Crippen LogP contribution is -2.40. The summed E-state index contributed by atoms with van der Waals surface area (Å²) in [5.41, 5.74) is 0. The molecule has 1 aliphatic rings. The summed E-state index contributed by atoms with van der Waals surface area (Å²) in [5.74, 6) is 1.82. The van der Waals surface area contributed by atoms with Gasteiger partial charge in [0.15, 0.2) is 5.96 Å². The van der Waals surface area contributed by atoms with E-state index in [4.69, 9.17) is 18.9 Å². The molecule has 0 radical (unpaired) electrons. The van der Waals surface area contributed by atoms with E-state index in [1.807, 2.05) is 6.07 Å². The maximum atomic E-state index is 5.72. The highest BCUT2D eigenvalue weighted by Gasteiger charge is 2.24. The first-order valence-corrected chi connectivity index (χ1v) is 11.3. The van der Waals surface area contributed by atoms with Crippen molar-refractivity contribution in [1.29, 1.82) is 0 Å². The third-order valence-corrected chi connectivity index (χ3v) is 5.02. The van der Waals surface area contributed by atoms with Crippen molar-refractivity contribution in [3.8, 4) is 0 Å². The van der Waals surface area contributed by atoms with E-state index in [1.54, 1.807) is 6.26 Å². The predicted octanol–water partition coefficient (Wildman–Crippen LogP) is 3.81. The van der Waals surface area contributed by atoms with Crippen LogP contribution in [0.25, 0.3) is 0 Å². The molecule has 1 aliphatic heterocycles. The van der Waals surface area contributed by atoms with Crippen molar-refractivity contribution in [3.63, 3.8) is 0 Å². The highest BCUT2D eigenvalue weighted by molar-refractivity contribution is 14.0. The summed E-state index contributed by atoms with van der Waals surface area (Å²) < 4.78 is 16.8. The number of aliphatic imine (C=N–C) groups is 1. The Kier molecular flexibility index (Phi) is 16.1. The summed E-state index contributed by atoms with van der Waals surface area (Å²) >= 11 is 0. The van der Waals surface area contributed by atoms with Crippen molar-refractivity contribution >= 4 is 29.9 Å². The molecule has 0 aromatic carbocycles. The summed E-state index contributed by atoms with van der Waals surface area (Å²) in [4.78, 5) is 7.32. The minimum Gasteiger partial charge on any atom is -0.468 e. The van der Waals surface area contributed by atoms with Crippen LogP contribution in [0.15, 0.2) is 27.8 Å². The van der Waals surface area contributed by atoms with Crippen LogP contribution >= 0.6 is 24.0 Å². The standard InChI is InChI=1S/C22H40N4O3.HI/c1-3-5-14-27-17-18-28-16-11-24-22(23-4-2)25-19-20(21-10-9-15-29-21)26-12-7-6-8-13-26;/h9-10,15,20H,3-8,11-14,16-19H2,1-2H3,(H2,23,24,25);1H. The van der Waals surface area contributed by atoms with Gasteiger partial charge in [-0.05, 0) is 51.4 Å². The first-order valence-electron chi connectivity index (χ1n) is 11.3. The lowest BCUT2D eigenvalue weighted by Gasteiger charge is -2.32. The number of halogens is 1. The van der Waals surface area contributed by atoms with E-state index in [-0.39, 0.29) is 30.0 Å². The van der Waals surface area contributed by atoms with Crippen LogP contribution in [-0.2, 0) is 9.47 Å². The van der Waals surface area contributed by atoms with E-state index in [2.05, 4.69) is 35.4 Å². The number of hydrogen-bond donors (Lipinski definition) is 2. The molecular weight excluding hydrogens is 495 g/mol. The van der Waals surface area contributed by atoms with Crippen LogP contribution in [0.1, 0.15) is 57.8 Å². The topological polar surface area (TPSA) is 71.3 Å². The fourth-order valence-corrected chi connectivity index (χ4v) is 3.43. The van der Waals surface area contributed by atoms with Gasteiger partial charge in [0.05, 0.1) is 38.7 Å². The Labute approximate surface area is 199 Å². The van der Waals surface area contributed by atoms with Gasteiger partial charge in [0, 0.05) is 19.7 Å². The number of likely N-dealkylation sites (tertiary alicyclic amines) is 1. The lowest BCUT2D eigenvalue weighted by molar-refractivity contribution is 0.0487. The van der Waals surface area contributed by atoms with Crippen molar-refractivity contribution < 1.29 is 13.9 Å². The van der Waals surface area contributed by atoms with Gasteiger partial charge < -0.3 is 24.5 Å². The van der Waals surface area contributed by atoms with Gasteiger partial charge in [-0.15, -0.1) is 24.0 Å². The molecule has 1 aromatic heterocycles. The van der Waals surface area contributed by atoms with Crippen LogP contribution in [-0.4, -0.2) is 70.0 Å². The predicted molar refractivity (Wildman–Crippen MR) is 133 cm³/mol. The van der Waals surface area contributed by atoms with E-state index >= 15 is 0 Å². The first kappa shape index (κ1) is 27.2. The fourth-order valence-electron chi connectivity index (χ4n) is 3.43. The van der Waals surface area contributed by atoms with Gasteiger partial charge in [-0.3, -0.25) is 9.89 Å². The first-order chi connectivity index (χ1) is 14.3. The van der Waals surface area contributed by atoms with Crippen LogP contribution in [0.3, 0.4) is 0 Å². The quantitative estimate of drug-likeness (QED) is 0.163. The summed E-state index contributed by atoms with van der Waals surface area (Å²) in [7, 11) is 0. The molecule has 2 heterocycles. The van der Waals surface area contributed by atoms with Crippen molar-refractivity contribution in [3.05, 3.63) is 24.2 Å². The molecule has 2 N–H and O–H groups in total. The van der Waals surface area contributed by atoms with Crippen LogP contribution in [0.4, 0.5) is 0 Å². The van der Waals surface area contributed by atoms with Crippen LogP contribution in [0, 0.1) is 0 Å². The summed E-state index contributed by atoms with van der Waals surface area (Å²) in [5, 5.41) is 6.68. The molecule has 0 aliphatic carbocycles. The van der Waals surface area contributed by atoms with Gasteiger partial charge in [-0.2, -0.15) is 0 Å². The molecule has 2 rings (SSSR count).